The number of hydrogen-bond acceptors (Lipinski definition) is 4. The molecule has 0 spiro atoms. The Labute approximate surface area is 124 Å². The Bertz CT molecular complexity index is 525. The highest BCUT2D eigenvalue weighted by atomic mass is 16.5. The minimum Gasteiger partial charge on any atom is -0.399 e. The Kier molecular flexibility index (Phi) is 3.63. The zero-order valence-electron chi connectivity index (χ0n) is 12.3. The van der Waals surface area contributed by atoms with E-state index in [4.69, 9.17) is 10.5 Å². The van der Waals surface area contributed by atoms with E-state index in [0.29, 0.717) is 18.8 Å². The first-order valence-corrected chi connectivity index (χ1v) is 7.47. The van der Waals surface area contributed by atoms with Gasteiger partial charge in [0.2, 0.25) is 5.91 Å². The molecule has 0 aromatic heterocycles. The van der Waals surface area contributed by atoms with Crippen molar-refractivity contribution in [3.8, 4) is 0 Å². The number of hydrogen-bond donors (Lipinski definition) is 2. The topological polar surface area (TPSA) is 75.8 Å². The van der Waals surface area contributed by atoms with Gasteiger partial charge in [-0.05, 0) is 37.5 Å². The molecule has 5 heteroatoms. The van der Waals surface area contributed by atoms with Crippen molar-refractivity contribution < 1.29 is 14.6 Å². The Morgan fingerprint density at radius 1 is 1.38 bits per heavy atom. The van der Waals surface area contributed by atoms with Crippen LogP contribution in [0.15, 0.2) is 24.3 Å². The molecule has 1 aliphatic carbocycles. The Balaban J connectivity index is 1.79. The van der Waals surface area contributed by atoms with Gasteiger partial charge in [0.05, 0.1) is 24.2 Å². The lowest BCUT2D eigenvalue weighted by Gasteiger charge is -2.38. The average Bonchev–Trinajstić information content (AvgIpc) is 3.28. The molecule has 0 bridgehead atoms. The summed E-state index contributed by atoms with van der Waals surface area (Å²) in [5, 5.41) is 9.30. The number of anilines is 1. The van der Waals surface area contributed by atoms with Crippen LogP contribution in [0.2, 0.25) is 0 Å². The van der Waals surface area contributed by atoms with Crippen LogP contribution >= 0.6 is 0 Å². The third-order valence-electron chi connectivity index (χ3n) is 4.44. The van der Waals surface area contributed by atoms with Crippen molar-refractivity contribution in [3.05, 3.63) is 29.8 Å². The number of amides is 1. The number of ether oxygens (including phenoxy) is 1. The molecule has 5 nitrogen and oxygen atoms in total. The number of aliphatic hydroxyl groups excluding tert-OH is 1. The molecule has 2 unspecified atom stereocenters. The number of benzene rings is 1. The average molecular weight is 290 g/mol. The largest absolute Gasteiger partial charge is 0.399 e. The van der Waals surface area contributed by atoms with Crippen molar-refractivity contribution in [1.29, 1.82) is 0 Å². The van der Waals surface area contributed by atoms with E-state index in [1.165, 1.54) is 0 Å². The van der Waals surface area contributed by atoms with E-state index in [1.54, 1.807) is 0 Å². The smallest absolute Gasteiger partial charge is 0.233 e. The van der Waals surface area contributed by atoms with E-state index in [1.807, 2.05) is 36.1 Å². The van der Waals surface area contributed by atoms with E-state index in [-0.39, 0.29) is 30.1 Å². The van der Waals surface area contributed by atoms with Gasteiger partial charge >= 0.3 is 0 Å². The van der Waals surface area contributed by atoms with Crippen LogP contribution in [0.4, 0.5) is 5.69 Å². The first-order valence-electron chi connectivity index (χ1n) is 7.47. The molecule has 114 valence electrons. The van der Waals surface area contributed by atoms with Gasteiger partial charge in [0.25, 0.3) is 0 Å². The van der Waals surface area contributed by atoms with Crippen LogP contribution < -0.4 is 5.73 Å². The van der Waals surface area contributed by atoms with E-state index in [0.717, 1.165) is 18.4 Å². The van der Waals surface area contributed by atoms with Gasteiger partial charge in [0.15, 0.2) is 0 Å². The molecule has 1 aromatic rings. The summed E-state index contributed by atoms with van der Waals surface area (Å²) in [6.45, 7) is 2.94. The molecule has 1 amide bonds. The SMILES string of the molecule is CC1CN(C(=O)C2(c3ccc(N)cc3)CC2)CC(CO)O1. The van der Waals surface area contributed by atoms with Crippen LogP contribution in [0, 0.1) is 0 Å². The maximum atomic E-state index is 12.9. The van der Waals surface area contributed by atoms with Crippen molar-refractivity contribution in [2.45, 2.75) is 37.4 Å². The van der Waals surface area contributed by atoms with E-state index in [2.05, 4.69) is 0 Å². The minimum atomic E-state index is -0.384. The highest BCUT2D eigenvalue weighted by Gasteiger charge is 2.53. The van der Waals surface area contributed by atoms with Crippen molar-refractivity contribution in [2.75, 3.05) is 25.4 Å². The fraction of sp³-hybridized carbons (Fsp3) is 0.562. The number of rotatable bonds is 3. The molecular weight excluding hydrogens is 268 g/mol. The van der Waals surface area contributed by atoms with Crippen LogP contribution in [0.3, 0.4) is 0 Å². The number of nitrogen functional groups attached to an aromatic ring is 1. The molecule has 0 radical (unpaired) electrons. The molecule has 2 atom stereocenters. The maximum absolute atomic E-state index is 12.9. The van der Waals surface area contributed by atoms with Gasteiger partial charge < -0.3 is 20.5 Å². The number of nitrogens with two attached hydrogens (primary N) is 1. The maximum Gasteiger partial charge on any atom is 0.233 e. The van der Waals surface area contributed by atoms with Crippen molar-refractivity contribution in [2.24, 2.45) is 0 Å². The molecule has 1 saturated heterocycles. The fourth-order valence-corrected chi connectivity index (χ4v) is 3.17. The Morgan fingerprint density at radius 2 is 2.05 bits per heavy atom. The molecule has 1 aliphatic heterocycles. The van der Waals surface area contributed by atoms with Crippen LogP contribution in [0.5, 0.6) is 0 Å². The second-order valence-electron chi connectivity index (χ2n) is 6.17. The summed E-state index contributed by atoms with van der Waals surface area (Å²) in [6.07, 6.45) is 1.44. The van der Waals surface area contributed by atoms with Crippen molar-refractivity contribution in [1.82, 2.24) is 4.90 Å². The Hall–Kier alpha value is -1.59. The second kappa shape index (κ2) is 5.31. The highest BCUT2D eigenvalue weighted by molar-refractivity contribution is 5.91. The van der Waals surface area contributed by atoms with Crippen LogP contribution in [0.25, 0.3) is 0 Å². The summed E-state index contributed by atoms with van der Waals surface area (Å²) in [5.74, 6) is 0.154. The zero-order chi connectivity index (χ0) is 15.0. The normalized spacial score (nSPS) is 27.4. The molecule has 3 rings (SSSR count). The molecule has 2 fully saturated rings. The molecule has 2 aliphatic rings. The van der Waals surface area contributed by atoms with Crippen LogP contribution in [0.1, 0.15) is 25.3 Å². The lowest BCUT2D eigenvalue weighted by atomic mass is 9.93. The van der Waals surface area contributed by atoms with Crippen LogP contribution in [-0.2, 0) is 14.9 Å². The molecule has 1 aromatic carbocycles. The number of nitrogens with zero attached hydrogens (tertiary/aromatic N) is 1. The third-order valence-corrected chi connectivity index (χ3v) is 4.44. The number of carbonyl (C=O) groups is 1. The second-order valence-corrected chi connectivity index (χ2v) is 6.17. The molecule has 21 heavy (non-hydrogen) atoms. The molecule has 1 heterocycles. The number of morpholine rings is 1. The first-order chi connectivity index (χ1) is 10.0. The van der Waals surface area contributed by atoms with Gasteiger partial charge in [0.1, 0.15) is 0 Å². The van der Waals surface area contributed by atoms with Gasteiger partial charge in [-0.1, -0.05) is 12.1 Å². The van der Waals surface area contributed by atoms with E-state index < -0.39 is 0 Å². The first kappa shape index (κ1) is 14.4. The van der Waals surface area contributed by atoms with Crippen molar-refractivity contribution in [3.63, 3.8) is 0 Å². The predicted octanol–water partition coefficient (Wildman–Crippen LogP) is 0.909. The summed E-state index contributed by atoms with van der Waals surface area (Å²) in [4.78, 5) is 14.8. The van der Waals surface area contributed by atoms with Gasteiger partial charge in [-0.3, -0.25) is 4.79 Å². The van der Waals surface area contributed by atoms with Crippen molar-refractivity contribution >= 4 is 11.6 Å². The van der Waals surface area contributed by atoms with Gasteiger partial charge in [-0.25, -0.2) is 0 Å². The van der Waals surface area contributed by atoms with Crippen LogP contribution in [-0.4, -0.2) is 47.8 Å². The minimum absolute atomic E-state index is 0.0398. The molecule has 1 saturated carbocycles. The van der Waals surface area contributed by atoms with Gasteiger partial charge in [0, 0.05) is 18.8 Å². The summed E-state index contributed by atoms with van der Waals surface area (Å²) >= 11 is 0. The van der Waals surface area contributed by atoms with E-state index in [9.17, 15) is 9.90 Å². The van der Waals surface area contributed by atoms with Gasteiger partial charge in [-0.2, -0.15) is 0 Å². The van der Waals surface area contributed by atoms with Gasteiger partial charge in [-0.15, -0.1) is 0 Å². The lowest BCUT2D eigenvalue weighted by Crippen LogP contribution is -2.53. The quantitative estimate of drug-likeness (QED) is 0.811. The molecular formula is C16H22N2O3. The highest BCUT2D eigenvalue weighted by Crippen LogP contribution is 2.50. The Morgan fingerprint density at radius 3 is 2.62 bits per heavy atom. The predicted molar refractivity (Wildman–Crippen MR) is 79.8 cm³/mol. The fourth-order valence-electron chi connectivity index (χ4n) is 3.17. The summed E-state index contributed by atoms with van der Waals surface area (Å²) in [5.41, 5.74) is 7.09. The number of aliphatic hydroxyl groups is 1. The summed E-state index contributed by atoms with van der Waals surface area (Å²) in [7, 11) is 0. The monoisotopic (exact) mass is 290 g/mol. The summed E-state index contributed by atoms with van der Waals surface area (Å²) < 4.78 is 5.61. The lowest BCUT2D eigenvalue weighted by molar-refractivity contribution is -0.149. The molecule has 3 N–H and O–H groups in total. The zero-order valence-corrected chi connectivity index (χ0v) is 12.3. The van der Waals surface area contributed by atoms with E-state index >= 15 is 0 Å². The summed E-state index contributed by atoms with van der Waals surface area (Å²) in [6, 6.07) is 7.60. The standard InChI is InChI=1S/C16H22N2O3/c1-11-8-18(9-14(10-19)21-11)15(20)16(6-7-16)12-2-4-13(17)5-3-12/h2-5,11,14,19H,6-10,17H2,1H3. The number of carbonyl (C=O) groups excluding carboxylic acids is 1. The third kappa shape index (κ3) is 2.63.